The first-order valence-electron chi connectivity index (χ1n) is 5.51. The maximum absolute atomic E-state index is 11.6. The summed E-state index contributed by atoms with van der Waals surface area (Å²) < 4.78 is 5.60. The lowest BCUT2D eigenvalue weighted by atomic mass is 10.3. The summed E-state index contributed by atoms with van der Waals surface area (Å²) in [7, 11) is 1.23. The fourth-order valence-electron chi connectivity index (χ4n) is 1.26. The Kier molecular flexibility index (Phi) is 5.04. The van der Waals surface area contributed by atoms with E-state index in [9.17, 15) is 14.4 Å². The highest BCUT2D eigenvalue weighted by molar-refractivity contribution is 5.93. The van der Waals surface area contributed by atoms with Gasteiger partial charge in [-0.15, -0.1) is 0 Å². The van der Waals surface area contributed by atoms with Crippen LogP contribution in [0.5, 0.6) is 0 Å². The molecule has 18 heavy (non-hydrogen) atoms. The second-order valence-electron chi connectivity index (χ2n) is 3.54. The Bertz CT molecular complexity index is 495. The van der Waals surface area contributed by atoms with Crippen LogP contribution in [0.2, 0.25) is 0 Å². The fourth-order valence-corrected chi connectivity index (χ4v) is 1.26. The van der Waals surface area contributed by atoms with Crippen LogP contribution >= 0.6 is 0 Å². The number of esters is 1. The van der Waals surface area contributed by atoms with Gasteiger partial charge in [-0.1, -0.05) is 6.92 Å². The first kappa shape index (κ1) is 13.9. The monoisotopic (exact) mass is 253 g/mol. The van der Waals surface area contributed by atoms with Gasteiger partial charge in [-0.3, -0.25) is 14.4 Å². The van der Waals surface area contributed by atoms with Gasteiger partial charge in [0, 0.05) is 12.6 Å². The number of hydrogen-bond acceptors (Lipinski definition) is 5. The summed E-state index contributed by atoms with van der Waals surface area (Å²) >= 11 is 0. The van der Waals surface area contributed by atoms with Crippen molar-refractivity contribution >= 4 is 11.9 Å². The molecule has 1 rings (SSSR count). The minimum absolute atomic E-state index is 0.0898. The Morgan fingerprint density at radius 3 is 2.78 bits per heavy atom. The van der Waals surface area contributed by atoms with Crippen LogP contribution in [-0.2, 0) is 16.1 Å². The summed E-state index contributed by atoms with van der Waals surface area (Å²) in [6.45, 7) is 2.11. The van der Waals surface area contributed by atoms with Gasteiger partial charge in [-0.05, 0) is 12.5 Å². The smallest absolute Gasteiger partial charge is 0.325 e. The van der Waals surface area contributed by atoms with Crippen LogP contribution in [0.15, 0.2) is 16.9 Å². The van der Waals surface area contributed by atoms with Crippen LogP contribution in [0.3, 0.4) is 0 Å². The van der Waals surface area contributed by atoms with Crippen LogP contribution in [0, 0.1) is 0 Å². The number of nitrogens with one attached hydrogen (secondary N) is 1. The van der Waals surface area contributed by atoms with Crippen molar-refractivity contribution in [3.05, 3.63) is 28.2 Å². The van der Waals surface area contributed by atoms with Gasteiger partial charge in [0.2, 0.25) is 0 Å². The van der Waals surface area contributed by atoms with Gasteiger partial charge in [0.15, 0.2) is 0 Å². The lowest BCUT2D eigenvalue weighted by Gasteiger charge is -2.06. The van der Waals surface area contributed by atoms with Gasteiger partial charge in [-0.2, -0.15) is 5.10 Å². The molecular weight excluding hydrogens is 238 g/mol. The lowest BCUT2D eigenvalue weighted by Crippen LogP contribution is -2.33. The second-order valence-corrected chi connectivity index (χ2v) is 3.54. The summed E-state index contributed by atoms with van der Waals surface area (Å²) in [6.07, 6.45) is 0.736. The van der Waals surface area contributed by atoms with Crippen molar-refractivity contribution in [3.8, 4) is 0 Å². The van der Waals surface area contributed by atoms with Crippen molar-refractivity contribution in [3.63, 3.8) is 0 Å². The van der Waals surface area contributed by atoms with Crippen LogP contribution in [0.25, 0.3) is 0 Å². The van der Waals surface area contributed by atoms with Crippen LogP contribution < -0.4 is 10.9 Å². The van der Waals surface area contributed by atoms with Crippen molar-refractivity contribution < 1.29 is 14.3 Å². The fraction of sp³-hybridized carbons (Fsp3) is 0.455. The van der Waals surface area contributed by atoms with Gasteiger partial charge in [0.05, 0.1) is 7.11 Å². The van der Waals surface area contributed by atoms with E-state index < -0.39 is 11.9 Å². The molecule has 1 amide bonds. The molecule has 98 valence electrons. The van der Waals surface area contributed by atoms with Crippen LogP contribution in [0.4, 0.5) is 0 Å². The Labute approximate surface area is 104 Å². The van der Waals surface area contributed by atoms with E-state index in [0.29, 0.717) is 6.54 Å². The number of methoxy groups -OCH3 is 1. The van der Waals surface area contributed by atoms with E-state index in [4.69, 9.17) is 0 Å². The van der Waals surface area contributed by atoms with E-state index in [2.05, 4.69) is 15.2 Å². The predicted octanol–water partition coefficient (Wildman–Crippen LogP) is -0.444. The normalized spacial score (nSPS) is 9.89. The number of aryl methyl sites for hydroxylation is 1. The van der Waals surface area contributed by atoms with Gasteiger partial charge in [0.25, 0.3) is 11.5 Å². The Morgan fingerprint density at radius 1 is 1.44 bits per heavy atom. The van der Waals surface area contributed by atoms with Crippen molar-refractivity contribution in [2.24, 2.45) is 0 Å². The van der Waals surface area contributed by atoms with Crippen LogP contribution in [0.1, 0.15) is 23.8 Å². The van der Waals surface area contributed by atoms with Crippen molar-refractivity contribution in [1.82, 2.24) is 15.1 Å². The van der Waals surface area contributed by atoms with E-state index in [1.165, 1.54) is 23.9 Å². The number of aromatic nitrogens is 2. The van der Waals surface area contributed by atoms with Gasteiger partial charge in [-0.25, -0.2) is 4.68 Å². The van der Waals surface area contributed by atoms with Gasteiger partial charge in [0.1, 0.15) is 12.2 Å². The molecule has 0 saturated carbocycles. The summed E-state index contributed by atoms with van der Waals surface area (Å²) in [4.78, 5) is 33.9. The van der Waals surface area contributed by atoms with E-state index in [0.717, 1.165) is 6.42 Å². The molecule has 7 nitrogen and oxygen atoms in total. The molecule has 0 bridgehead atoms. The molecule has 0 saturated heterocycles. The molecule has 0 spiro atoms. The van der Waals surface area contributed by atoms with E-state index in [-0.39, 0.29) is 17.8 Å². The predicted molar refractivity (Wildman–Crippen MR) is 63.1 cm³/mol. The number of hydrogen-bond donors (Lipinski definition) is 1. The minimum Gasteiger partial charge on any atom is -0.468 e. The zero-order chi connectivity index (χ0) is 13.5. The highest BCUT2D eigenvalue weighted by Gasteiger charge is 2.10. The maximum Gasteiger partial charge on any atom is 0.325 e. The topological polar surface area (TPSA) is 90.3 Å². The van der Waals surface area contributed by atoms with E-state index in [1.54, 1.807) is 0 Å². The molecule has 0 aliphatic heterocycles. The SMILES string of the molecule is CCCn1nc(C(=O)NCC(=O)OC)ccc1=O. The van der Waals surface area contributed by atoms with E-state index in [1.807, 2.05) is 6.92 Å². The number of amides is 1. The van der Waals surface area contributed by atoms with Crippen molar-refractivity contribution in [2.75, 3.05) is 13.7 Å². The van der Waals surface area contributed by atoms with E-state index >= 15 is 0 Å². The third-order valence-corrected chi connectivity index (χ3v) is 2.16. The molecule has 1 aromatic rings. The summed E-state index contributed by atoms with van der Waals surface area (Å²) in [6, 6.07) is 2.59. The number of carbonyl (C=O) groups excluding carboxylic acids is 2. The molecule has 7 heteroatoms. The zero-order valence-corrected chi connectivity index (χ0v) is 10.3. The lowest BCUT2D eigenvalue weighted by molar-refractivity contribution is -0.139. The molecule has 0 aliphatic rings. The Balaban J connectivity index is 2.77. The average Bonchev–Trinajstić information content (AvgIpc) is 2.38. The second kappa shape index (κ2) is 6.53. The van der Waals surface area contributed by atoms with Gasteiger partial charge < -0.3 is 10.1 Å². The molecule has 1 N–H and O–H groups in total. The molecular formula is C11H15N3O4. The number of carbonyl (C=O) groups is 2. The maximum atomic E-state index is 11.6. The largest absolute Gasteiger partial charge is 0.468 e. The first-order chi connectivity index (χ1) is 8.58. The quantitative estimate of drug-likeness (QED) is 0.718. The Hall–Kier alpha value is -2.18. The number of ether oxygens (including phenoxy) is 1. The molecule has 0 radical (unpaired) electrons. The third kappa shape index (κ3) is 3.69. The molecule has 0 aromatic carbocycles. The summed E-state index contributed by atoms with van der Waals surface area (Å²) in [5.74, 6) is -1.07. The first-order valence-corrected chi connectivity index (χ1v) is 5.51. The molecule has 1 heterocycles. The van der Waals surface area contributed by atoms with Crippen molar-refractivity contribution in [1.29, 1.82) is 0 Å². The molecule has 0 fully saturated rings. The van der Waals surface area contributed by atoms with Gasteiger partial charge >= 0.3 is 5.97 Å². The number of nitrogens with zero attached hydrogens (tertiary/aromatic N) is 2. The summed E-state index contributed by atoms with van der Waals surface area (Å²) in [5.41, 5.74) is -0.173. The number of rotatable bonds is 5. The summed E-state index contributed by atoms with van der Waals surface area (Å²) in [5, 5.41) is 6.25. The van der Waals surface area contributed by atoms with Crippen molar-refractivity contribution in [2.45, 2.75) is 19.9 Å². The zero-order valence-electron chi connectivity index (χ0n) is 10.3. The van der Waals surface area contributed by atoms with Crippen LogP contribution in [-0.4, -0.2) is 35.3 Å². The Morgan fingerprint density at radius 2 is 2.17 bits per heavy atom. The minimum atomic E-state index is -0.551. The third-order valence-electron chi connectivity index (χ3n) is 2.16. The molecule has 1 aromatic heterocycles. The molecule has 0 aliphatic carbocycles. The molecule has 0 unspecified atom stereocenters. The standard InChI is InChI=1S/C11H15N3O4/c1-3-6-14-9(15)5-4-8(13-14)11(17)12-7-10(16)18-2/h4-5H,3,6-7H2,1-2H3,(H,12,17). The highest BCUT2D eigenvalue weighted by atomic mass is 16.5. The average molecular weight is 253 g/mol. The molecule has 0 atom stereocenters. The highest BCUT2D eigenvalue weighted by Crippen LogP contribution is 1.92.